The Kier molecular flexibility index (Phi) is 5.26. The summed E-state index contributed by atoms with van der Waals surface area (Å²) in [6.07, 6.45) is -4.53. The number of carboxylic acids is 1. The number of nitrogens with one attached hydrogen (secondary N) is 1. The predicted octanol–water partition coefficient (Wildman–Crippen LogP) is 1.17. The van der Waals surface area contributed by atoms with Crippen LogP contribution >= 0.6 is 0 Å². The standard InChI is InChI=1S/C11H10F3NO4S/c12-11(13,14)6-15-9(16)5-20(19)8-3-1-7(2-4-8)10(17)18/h1-4H,5-6H2,(H,15,16)(H,17,18). The van der Waals surface area contributed by atoms with Gasteiger partial charge in [0, 0.05) is 4.90 Å². The van der Waals surface area contributed by atoms with Crippen molar-refractivity contribution in [2.24, 2.45) is 0 Å². The molecule has 9 heteroatoms. The molecule has 0 aliphatic rings. The first-order valence-electron chi connectivity index (χ1n) is 5.24. The maximum absolute atomic E-state index is 11.9. The second kappa shape index (κ2) is 6.51. The number of carbonyl (C=O) groups excluding carboxylic acids is 1. The van der Waals surface area contributed by atoms with Gasteiger partial charge in [-0.05, 0) is 24.3 Å². The molecule has 0 heterocycles. The van der Waals surface area contributed by atoms with E-state index in [0.29, 0.717) is 0 Å². The van der Waals surface area contributed by atoms with Crippen LogP contribution in [0.1, 0.15) is 10.4 Å². The lowest BCUT2D eigenvalue weighted by atomic mass is 10.2. The molecule has 1 aromatic rings. The third-order valence-corrected chi connectivity index (χ3v) is 3.43. The van der Waals surface area contributed by atoms with Gasteiger partial charge in [0.1, 0.15) is 12.3 Å². The van der Waals surface area contributed by atoms with Gasteiger partial charge in [0.25, 0.3) is 0 Å². The van der Waals surface area contributed by atoms with Gasteiger partial charge in [-0.3, -0.25) is 9.00 Å². The fraction of sp³-hybridized carbons (Fsp3) is 0.273. The van der Waals surface area contributed by atoms with Gasteiger partial charge in [0.15, 0.2) is 0 Å². The molecule has 0 aliphatic heterocycles. The monoisotopic (exact) mass is 309 g/mol. The van der Waals surface area contributed by atoms with Crippen LogP contribution in [0.2, 0.25) is 0 Å². The van der Waals surface area contributed by atoms with Crippen molar-refractivity contribution in [2.75, 3.05) is 12.3 Å². The Balaban J connectivity index is 2.58. The molecule has 1 unspecified atom stereocenters. The molecule has 2 N–H and O–H groups in total. The zero-order valence-corrected chi connectivity index (χ0v) is 10.8. The highest BCUT2D eigenvalue weighted by atomic mass is 32.2. The van der Waals surface area contributed by atoms with Crippen molar-refractivity contribution in [2.45, 2.75) is 11.1 Å². The topological polar surface area (TPSA) is 83.5 Å². The Hall–Kier alpha value is -1.90. The lowest BCUT2D eigenvalue weighted by Crippen LogP contribution is -2.36. The second-order valence-corrected chi connectivity index (χ2v) is 5.16. The molecular formula is C11H10F3NO4S. The fourth-order valence-electron chi connectivity index (χ4n) is 1.20. The molecular weight excluding hydrogens is 299 g/mol. The molecule has 110 valence electrons. The molecule has 1 atom stereocenters. The molecule has 1 aromatic carbocycles. The largest absolute Gasteiger partial charge is 0.478 e. The Morgan fingerprint density at radius 1 is 1.20 bits per heavy atom. The molecule has 0 spiro atoms. The maximum Gasteiger partial charge on any atom is 0.405 e. The summed E-state index contributed by atoms with van der Waals surface area (Å²) >= 11 is 0. The first-order valence-corrected chi connectivity index (χ1v) is 6.56. The molecule has 0 saturated heterocycles. The summed E-state index contributed by atoms with van der Waals surface area (Å²) < 4.78 is 47.2. The van der Waals surface area contributed by atoms with E-state index in [4.69, 9.17) is 5.11 Å². The summed E-state index contributed by atoms with van der Waals surface area (Å²) in [5, 5.41) is 10.3. The fourth-order valence-corrected chi connectivity index (χ4v) is 2.15. The Labute approximate surface area is 114 Å². The van der Waals surface area contributed by atoms with E-state index in [-0.39, 0.29) is 10.5 Å². The molecule has 0 radical (unpaired) electrons. The Morgan fingerprint density at radius 2 is 1.75 bits per heavy atom. The van der Waals surface area contributed by atoms with E-state index in [2.05, 4.69) is 0 Å². The first kappa shape index (κ1) is 16.2. The van der Waals surface area contributed by atoms with Crippen LogP contribution < -0.4 is 5.32 Å². The number of amides is 1. The van der Waals surface area contributed by atoms with E-state index in [9.17, 15) is 27.0 Å². The number of halogens is 3. The number of carbonyl (C=O) groups is 2. The second-order valence-electron chi connectivity index (χ2n) is 3.71. The van der Waals surface area contributed by atoms with Gasteiger partial charge < -0.3 is 10.4 Å². The minimum Gasteiger partial charge on any atom is -0.478 e. The zero-order valence-electron chi connectivity index (χ0n) is 9.94. The highest BCUT2D eigenvalue weighted by molar-refractivity contribution is 7.85. The van der Waals surface area contributed by atoms with Crippen molar-refractivity contribution < 1.29 is 32.1 Å². The Morgan fingerprint density at radius 3 is 2.20 bits per heavy atom. The minimum atomic E-state index is -4.53. The average molecular weight is 309 g/mol. The van der Waals surface area contributed by atoms with E-state index in [1.807, 2.05) is 0 Å². The number of hydrogen-bond acceptors (Lipinski definition) is 3. The minimum absolute atomic E-state index is 0.0210. The predicted molar refractivity (Wildman–Crippen MR) is 63.7 cm³/mol. The Bertz CT molecular complexity index is 527. The van der Waals surface area contributed by atoms with E-state index < -0.39 is 41.1 Å². The van der Waals surface area contributed by atoms with Crippen molar-refractivity contribution in [3.05, 3.63) is 29.8 Å². The lowest BCUT2D eigenvalue weighted by molar-refractivity contribution is -0.136. The van der Waals surface area contributed by atoms with E-state index in [0.717, 1.165) is 0 Å². The third-order valence-electron chi connectivity index (χ3n) is 2.11. The van der Waals surface area contributed by atoms with Gasteiger partial charge in [-0.1, -0.05) is 0 Å². The van der Waals surface area contributed by atoms with Crippen LogP contribution in [0.4, 0.5) is 13.2 Å². The van der Waals surface area contributed by atoms with Gasteiger partial charge in [0.05, 0.1) is 16.4 Å². The van der Waals surface area contributed by atoms with Crippen LogP contribution in [-0.4, -0.2) is 39.7 Å². The van der Waals surface area contributed by atoms with Gasteiger partial charge in [-0.15, -0.1) is 0 Å². The summed E-state index contributed by atoms with van der Waals surface area (Å²) in [6, 6.07) is 4.89. The molecule has 0 aliphatic carbocycles. The van der Waals surface area contributed by atoms with Gasteiger partial charge >= 0.3 is 12.1 Å². The van der Waals surface area contributed by atoms with Gasteiger partial charge in [-0.2, -0.15) is 13.2 Å². The summed E-state index contributed by atoms with van der Waals surface area (Å²) in [5.41, 5.74) is -0.0210. The summed E-state index contributed by atoms with van der Waals surface area (Å²) in [6.45, 7) is -1.49. The summed E-state index contributed by atoms with van der Waals surface area (Å²) in [4.78, 5) is 21.9. The summed E-state index contributed by atoms with van der Waals surface area (Å²) in [7, 11) is -1.84. The smallest absolute Gasteiger partial charge is 0.405 e. The number of benzene rings is 1. The van der Waals surface area contributed by atoms with Crippen molar-refractivity contribution >= 4 is 22.7 Å². The SMILES string of the molecule is O=C(CS(=O)c1ccc(C(=O)O)cc1)NCC(F)(F)F. The van der Waals surface area contributed by atoms with Crippen molar-refractivity contribution in [3.63, 3.8) is 0 Å². The lowest BCUT2D eigenvalue weighted by Gasteiger charge is -2.08. The third kappa shape index (κ3) is 5.39. The molecule has 0 aromatic heterocycles. The number of alkyl halides is 3. The molecule has 0 fully saturated rings. The van der Waals surface area contributed by atoms with Crippen LogP contribution in [0, 0.1) is 0 Å². The van der Waals surface area contributed by atoms with Crippen molar-refractivity contribution in [1.82, 2.24) is 5.32 Å². The number of hydrogen-bond donors (Lipinski definition) is 2. The van der Waals surface area contributed by atoms with Gasteiger partial charge in [0.2, 0.25) is 5.91 Å². The maximum atomic E-state index is 11.9. The molecule has 20 heavy (non-hydrogen) atoms. The summed E-state index contributed by atoms with van der Waals surface area (Å²) in [5.74, 6) is -2.78. The van der Waals surface area contributed by atoms with Crippen LogP contribution in [-0.2, 0) is 15.6 Å². The number of aromatic carboxylic acids is 1. The number of carboxylic acid groups (broad SMARTS) is 1. The van der Waals surface area contributed by atoms with Crippen LogP contribution in [0.3, 0.4) is 0 Å². The van der Waals surface area contributed by atoms with E-state index in [1.165, 1.54) is 24.3 Å². The van der Waals surface area contributed by atoms with Crippen LogP contribution in [0.15, 0.2) is 29.2 Å². The highest BCUT2D eigenvalue weighted by Crippen LogP contribution is 2.12. The van der Waals surface area contributed by atoms with Crippen LogP contribution in [0.5, 0.6) is 0 Å². The molecule has 0 bridgehead atoms. The average Bonchev–Trinajstić information content (AvgIpc) is 2.35. The first-order chi connectivity index (χ1) is 9.19. The van der Waals surface area contributed by atoms with Crippen LogP contribution in [0.25, 0.3) is 0 Å². The van der Waals surface area contributed by atoms with Gasteiger partial charge in [-0.25, -0.2) is 4.79 Å². The van der Waals surface area contributed by atoms with E-state index >= 15 is 0 Å². The normalized spacial score (nSPS) is 12.8. The van der Waals surface area contributed by atoms with Crippen molar-refractivity contribution in [1.29, 1.82) is 0 Å². The van der Waals surface area contributed by atoms with E-state index in [1.54, 1.807) is 5.32 Å². The highest BCUT2D eigenvalue weighted by Gasteiger charge is 2.27. The van der Waals surface area contributed by atoms with Crippen molar-refractivity contribution in [3.8, 4) is 0 Å². The molecule has 1 amide bonds. The quantitative estimate of drug-likeness (QED) is 0.855. The zero-order chi connectivity index (χ0) is 15.3. The molecule has 1 rings (SSSR count). The number of rotatable bonds is 5. The molecule has 0 saturated carbocycles. The molecule has 5 nitrogen and oxygen atoms in total.